The average Bonchev–Trinajstić information content (AvgIpc) is 2.34. The van der Waals surface area contributed by atoms with Crippen molar-refractivity contribution in [3.05, 3.63) is 30.1 Å². The summed E-state index contributed by atoms with van der Waals surface area (Å²) in [6.45, 7) is 5.25. The van der Waals surface area contributed by atoms with Gasteiger partial charge in [0.15, 0.2) is 0 Å². The Morgan fingerprint density at radius 3 is 2.61 bits per heavy atom. The lowest BCUT2D eigenvalue weighted by Crippen LogP contribution is -2.30. The molecule has 0 radical (unpaired) electrons. The van der Waals surface area contributed by atoms with Gasteiger partial charge in [-0.15, -0.1) is 0 Å². The first kappa shape index (κ1) is 15.1. The Labute approximate surface area is 111 Å². The zero-order chi connectivity index (χ0) is 13.2. The van der Waals surface area contributed by atoms with Crippen LogP contribution in [-0.4, -0.2) is 62.1 Å². The number of likely N-dealkylation sites (N-methyl/N-ethyl adjacent to an activating group) is 1. The van der Waals surface area contributed by atoms with E-state index in [2.05, 4.69) is 47.3 Å². The Bertz CT molecular complexity index is 300. The summed E-state index contributed by atoms with van der Waals surface area (Å²) in [5.74, 6) is 0. The molecule has 0 aromatic carbocycles. The van der Waals surface area contributed by atoms with E-state index in [9.17, 15) is 0 Å². The number of rotatable bonds is 9. The van der Waals surface area contributed by atoms with Crippen molar-refractivity contribution in [1.82, 2.24) is 20.1 Å². The van der Waals surface area contributed by atoms with Crippen molar-refractivity contribution in [2.24, 2.45) is 0 Å². The van der Waals surface area contributed by atoms with E-state index in [4.69, 9.17) is 0 Å². The molecule has 0 unspecified atom stereocenters. The molecule has 0 spiro atoms. The Morgan fingerprint density at radius 2 is 1.94 bits per heavy atom. The van der Waals surface area contributed by atoms with Crippen molar-refractivity contribution < 1.29 is 0 Å². The molecule has 4 nitrogen and oxygen atoms in total. The van der Waals surface area contributed by atoms with Gasteiger partial charge < -0.3 is 10.2 Å². The fourth-order valence-electron chi connectivity index (χ4n) is 1.76. The van der Waals surface area contributed by atoms with Crippen LogP contribution in [0, 0.1) is 0 Å². The molecule has 0 aliphatic carbocycles. The molecule has 102 valence electrons. The average molecular weight is 250 g/mol. The molecule has 0 amide bonds. The van der Waals surface area contributed by atoms with Crippen molar-refractivity contribution >= 4 is 0 Å². The quantitative estimate of drug-likeness (QED) is 0.664. The fraction of sp³-hybridized carbons (Fsp3) is 0.643. The first-order valence-electron chi connectivity index (χ1n) is 6.62. The lowest BCUT2D eigenvalue weighted by atomic mass is 10.3. The molecule has 1 heterocycles. The van der Waals surface area contributed by atoms with E-state index in [0.29, 0.717) is 0 Å². The third-order valence-electron chi connectivity index (χ3n) is 2.79. The second kappa shape index (κ2) is 9.03. The molecule has 0 aliphatic heterocycles. The van der Waals surface area contributed by atoms with E-state index >= 15 is 0 Å². The van der Waals surface area contributed by atoms with Crippen molar-refractivity contribution in [2.45, 2.75) is 13.0 Å². The highest BCUT2D eigenvalue weighted by molar-refractivity contribution is 5.02. The minimum Gasteiger partial charge on any atom is -0.315 e. The summed E-state index contributed by atoms with van der Waals surface area (Å²) in [7, 11) is 6.36. The Hall–Kier alpha value is -0.970. The predicted molar refractivity (Wildman–Crippen MR) is 76.6 cm³/mol. The Balaban J connectivity index is 2.02. The topological polar surface area (TPSA) is 31.4 Å². The SMILES string of the molecule is CN(C)CCCNCCN(C)Cc1ccccn1. The van der Waals surface area contributed by atoms with E-state index in [1.165, 1.54) is 6.42 Å². The standard InChI is InChI=1S/C14H26N4/c1-17(2)11-6-8-15-10-12-18(3)13-14-7-4-5-9-16-14/h4-5,7,9,15H,6,8,10-13H2,1-3H3. The Kier molecular flexibility index (Phi) is 7.57. The van der Waals surface area contributed by atoms with Gasteiger partial charge in [0, 0.05) is 25.8 Å². The molecule has 0 saturated carbocycles. The molecule has 0 fully saturated rings. The largest absolute Gasteiger partial charge is 0.315 e. The van der Waals surface area contributed by atoms with Crippen molar-refractivity contribution in [2.75, 3.05) is 47.3 Å². The number of hydrogen-bond donors (Lipinski definition) is 1. The summed E-state index contributed by atoms with van der Waals surface area (Å²) < 4.78 is 0. The molecule has 1 aromatic rings. The van der Waals surface area contributed by atoms with Crippen LogP contribution < -0.4 is 5.32 Å². The van der Waals surface area contributed by atoms with E-state index in [0.717, 1.165) is 38.4 Å². The predicted octanol–water partition coefficient (Wildman–Crippen LogP) is 1.05. The van der Waals surface area contributed by atoms with Gasteiger partial charge in [-0.2, -0.15) is 0 Å². The molecular weight excluding hydrogens is 224 g/mol. The van der Waals surface area contributed by atoms with Gasteiger partial charge in [-0.3, -0.25) is 9.88 Å². The molecular formula is C14H26N4. The molecule has 0 saturated heterocycles. The first-order chi connectivity index (χ1) is 8.68. The molecule has 1 N–H and O–H groups in total. The van der Waals surface area contributed by atoms with Crippen LogP contribution in [0.3, 0.4) is 0 Å². The number of aromatic nitrogens is 1. The fourth-order valence-corrected chi connectivity index (χ4v) is 1.76. The highest BCUT2D eigenvalue weighted by atomic mass is 15.1. The summed E-state index contributed by atoms with van der Waals surface area (Å²) >= 11 is 0. The smallest absolute Gasteiger partial charge is 0.0543 e. The second-order valence-corrected chi connectivity index (χ2v) is 4.97. The maximum atomic E-state index is 4.33. The minimum atomic E-state index is 0.917. The van der Waals surface area contributed by atoms with Gasteiger partial charge in [0.05, 0.1) is 5.69 Å². The van der Waals surface area contributed by atoms with Gasteiger partial charge in [-0.25, -0.2) is 0 Å². The Morgan fingerprint density at radius 1 is 1.11 bits per heavy atom. The molecule has 1 aromatic heterocycles. The van der Waals surface area contributed by atoms with Gasteiger partial charge in [0.25, 0.3) is 0 Å². The van der Waals surface area contributed by atoms with Gasteiger partial charge in [-0.1, -0.05) is 6.07 Å². The van der Waals surface area contributed by atoms with E-state index in [1.807, 2.05) is 18.3 Å². The van der Waals surface area contributed by atoms with E-state index in [1.54, 1.807) is 0 Å². The molecule has 0 bridgehead atoms. The van der Waals surface area contributed by atoms with Gasteiger partial charge in [0.2, 0.25) is 0 Å². The molecule has 18 heavy (non-hydrogen) atoms. The van der Waals surface area contributed by atoms with Crippen LogP contribution in [0.25, 0.3) is 0 Å². The normalized spacial score (nSPS) is 11.4. The van der Waals surface area contributed by atoms with Crippen LogP contribution in [0.15, 0.2) is 24.4 Å². The van der Waals surface area contributed by atoms with Crippen molar-refractivity contribution in [3.63, 3.8) is 0 Å². The summed E-state index contributed by atoms with van der Waals surface area (Å²) in [4.78, 5) is 8.84. The second-order valence-electron chi connectivity index (χ2n) is 4.97. The summed E-state index contributed by atoms with van der Waals surface area (Å²) in [5, 5.41) is 3.47. The first-order valence-corrected chi connectivity index (χ1v) is 6.62. The van der Waals surface area contributed by atoms with Crippen LogP contribution >= 0.6 is 0 Å². The summed E-state index contributed by atoms with van der Waals surface area (Å²) in [6.07, 6.45) is 3.06. The number of nitrogens with one attached hydrogen (secondary N) is 1. The maximum Gasteiger partial charge on any atom is 0.0543 e. The van der Waals surface area contributed by atoms with Gasteiger partial charge >= 0.3 is 0 Å². The van der Waals surface area contributed by atoms with Crippen LogP contribution in [0.2, 0.25) is 0 Å². The van der Waals surface area contributed by atoms with E-state index < -0.39 is 0 Å². The maximum absolute atomic E-state index is 4.33. The number of hydrogen-bond acceptors (Lipinski definition) is 4. The van der Waals surface area contributed by atoms with Crippen LogP contribution in [0.4, 0.5) is 0 Å². The monoisotopic (exact) mass is 250 g/mol. The van der Waals surface area contributed by atoms with Crippen LogP contribution in [0.1, 0.15) is 12.1 Å². The molecule has 4 heteroatoms. The summed E-state index contributed by atoms with van der Waals surface area (Å²) in [6, 6.07) is 6.06. The van der Waals surface area contributed by atoms with Gasteiger partial charge in [0.1, 0.15) is 0 Å². The lowest BCUT2D eigenvalue weighted by molar-refractivity contribution is 0.318. The molecule has 0 aliphatic rings. The van der Waals surface area contributed by atoms with Gasteiger partial charge in [-0.05, 0) is 52.8 Å². The highest BCUT2D eigenvalue weighted by Gasteiger charge is 2.00. The third-order valence-corrected chi connectivity index (χ3v) is 2.79. The highest BCUT2D eigenvalue weighted by Crippen LogP contribution is 1.97. The van der Waals surface area contributed by atoms with Crippen molar-refractivity contribution in [3.8, 4) is 0 Å². The third kappa shape index (κ3) is 7.37. The van der Waals surface area contributed by atoms with E-state index in [-0.39, 0.29) is 0 Å². The molecule has 1 rings (SSSR count). The minimum absolute atomic E-state index is 0.917. The zero-order valence-electron chi connectivity index (χ0n) is 11.9. The number of pyridine rings is 1. The zero-order valence-corrected chi connectivity index (χ0v) is 11.9. The summed E-state index contributed by atoms with van der Waals surface area (Å²) in [5.41, 5.74) is 1.13. The lowest BCUT2D eigenvalue weighted by Gasteiger charge is -2.16. The van der Waals surface area contributed by atoms with Crippen molar-refractivity contribution in [1.29, 1.82) is 0 Å². The van der Waals surface area contributed by atoms with Crippen LogP contribution in [-0.2, 0) is 6.54 Å². The van der Waals surface area contributed by atoms with Crippen LogP contribution in [0.5, 0.6) is 0 Å². The number of nitrogens with zero attached hydrogens (tertiary/aromatic N) is 3. The molecule has 0 atom stereocenters.